The molecule has 0 radical (unpaired) electrons. The predicted octanol–water partition coefficient (Wildman–Crippen LogP) is 2.71. The maximum Gasteiger partial charge on any atom is 0.273 e. The first-order valence-corrected chi connectivity index (χ1v) is 9.11. The number of halogens is 1. The summed E-state index contributed by atoms with van der Waals surface area (Å²) in [5.74, 6) is -1.25. The van der Waals surface area contributed by atoms with Gasteiger partial charge in [0.25, 0.3) is 11.8 Å². The van der Waals surface area contributed by atoms with Crippen molar-refractivity contribution in [1.29, 1.82) is 0 Å². The lowest BCUT2D eigenvalue weighted by atomic mass is 10.2. The Labute approximate surface area is 168 Å². The zero-order valence-corrected chi connectivity index (χ0v) is 16.4. The van der Waals surface area contributed by atoms with Gasteiger partial charge in [-0.25, -0.2) is 9.07 Å². The van der Waals surface area contributed by atoms with Gasteiger partial charge in [0.15, 0.2) is 0 Å². The molecule has 2 aromatic carbocycles. The van der Waals surface area contributed by atoms with Crippen molar-refractivity contribution < 1.29 is 14.0 Å². The van der Waals surface area contributed by atoms with Crippen LogP contribution < -0.4 is 15.8 Å². The van der Waals surface area contributed by atoms with E-state index in [1.165, 1.54) is 18.3 Å². The molecule has 0 bridgehead atoms. The van der Waals surface area contributed by atoms with E-state index in [4.69, 9.17) is 0 Å². The minimum Gasteiger partial charge on any atom is -0.378 e. The van der Waals surface area contributed by atoms with Crippen molar-refractivity contribution in [1.82, 2.24) is 20.6 Å². The molecule has 0 aliphatic heterocycles. The standard InChI is InChI=1S/C21H22FN5O2/c1-4-19-18(13-23-27(19)16-10-8-15(22)9-11-16)21(29)25-24-20(28)14-6-5-7-17(12-14)26(2)3/h5-13H,4H2,1-3H3,(H,24,28)(H,25,29). The number of carbonyl (C=O) groups excluding carboxylic acids is 2. The number of carbonyl (C=O) groups is 2. The molecule has 1 aromatic heterocycles. The Bertz CT molecular complexity index is 1030. The van der Waals surface area contributed by atoms with Crippen LogP contribution in [-0.4, -0.2) is 35.7 Å². The van der Waals surface area contributed by atoms with E-state index in [0.29, 0.717) is 28.9 Å². The number of aromatic nitrogens is 2. The molecule has 3 rings (SSSR count). The van der Waals surface area contributed by atoms with Crippen LogP contribution in [0, 0.1) is 5.82 Å². The molecule has 8 heteroatoms. The Hall–Kier alpha value is -3.68. The maximum atomic E-state index is 13.2. The highest BCUT2D eigenvalue weighted by atomic mass is 19.1. The molecule has 0 aliphatic rings. The van der Waals surface area contributed by atoms with Gasteiger partial charge in [-0.15, -0.1) is 0 Å². The van der Waals surface area contributed by atoms with Crippen LogP contribution in [0.25, 0.3) is 5.69 Å². The second kappa shape index (κ2) is 8.55. The van der Waals surface area contributed by atoms with Gasteiger partial charge < -0.3 is 4.90 Å². The third kappa shape index (κ3) is 4.43. The summed E-state index contributed by atoms with van der Waals surface area (Å²) in [4.78, 5) is 26.8. The van der Waals surface area contributed by atoms with Crippen molar-refractivity contribution in [3.63, 3.8) is 0 Å². The van der Waals surface area contributed by atoms with E-state index in [0.717, 1.165) is 5.69 Å². The second-order valence-electron chi connectivity index (χ2n) is 6.60. The number of hydrogen-bond acceptors (Lipinski definition) is 4. The summed E-state index contributed by atoms with van der Waals surface area (Å²) in [6.07, 6.45) is 1.95. The van der Waals surface area contributed by atoms with Crippen molar-refractivity contribution in [3.8, 4) is 5.69 Å². The van der Waals surface area contributed by atoms with E-state index in [9.17, 15) is 14.0 Å². The van der Waals surface area contributed by atoms with Gasteiger partial charge in [0, 0.05) is 25.3 Å². The van der Waals surface area contributed by atoms with E-state index in [-0.39, 0.29) is 5.82 Å². The zero-order valence-electron chi connectivity index (χ0n) is 16.4. The number of amides is 2. The van der Waals surface area contributed by atoms with E-state index in [1.54, 1.807) is 35.0 Å². The average Bonchev–Trinajstić information content (AvgIpc) is 3.16. The van der Waals surface area contributed by atoms with E-state index in [1.807, 2.05) is 32.0 Å². The maximum absolute atomic E-state index is 13.2. The number of nitrogens with zero attached hydrogens (tertiary/aromatic N) is 3. The summed E-state index contributed by atoms with van der Waals surface area (Å²) in [5, 5.41) is 4.24. The lowest BCUT2D eigenvalue weighted by Gasteiger charge is -2.14. The lowest BCUT2D eigenvalue weighted by molar-refractivity contribution is 0.0846. The van der Waals surface area contributed by atoms with Crippen molar-refractivity contribution in [2.75, 3.05) is 19.0 Å². The smallest absolute Gasteiger partial charge is 0.273 e. The molecule has 3 aromatic rings. The Morgan fingerprint density at radius 3 is 2.41 bits per heavy atom. The molecular formula is C21H22FN5O2. The number of benzene rings is 2. The highest BCUT2D eigenvalue weighted by molar-refractivity contribution is 6.00. The normalized spacial score (nSPS) is 10.5. The summed E-state index contributed by atoms with van der Waals surface area (Å²) in [6, 6.07) is 12.9. The fourth-order valence-corrected chi connectivity index (χ4v) is 2.89. The second-order valence-corrected chi connectivity index (χ2v) is 6.60. The summed E-state index contributed by atoms with van der Waals surface area (Å²) < 4.78 is 14.7. The predicted molar refractivity (Wildman–Crippen MR) is 109 cm³/mol. The van der Waals surface area contributed by atoms with Crippen LogP contribution in [0.15, 0.2) is 54.7 Å². The highest BCUT2D eigenvalue weighted by Gasteiger charge is 2.18. The highest BCUT2D eigenvalue weighted by Crippen LogP contribution is 2.16. The molecule has 0 fully saturated rings. The van der Waals surface area contributed by atoms with Crippen LogP contribution in [-0.2, 0) is 6.42 Å². The molecule has 0 saturated heterocycles. The Balaban J connectivity index is 1.73. The summed E-state index contributed by atoms with van der Waals surface area (Å²) in [6.45, 7) is 1.89. The monoisotopic (exact) mass is 395 g/mol. The molecule has 0 saturated carbocycles. The molecule has 2 N–H and O–H groups in total. The van der Waals surface area contributed by atoms with E-state index >= 15 is 0 Å². The largest absolute Gasteiger partial charge is 0.378 e. The van der Waals surface area contributed by atoms with Crippen LogP contribution in [0.1, 0.15) is 33.3 Å². The fourth-order valence-electron chi connectivity index (χ4n) is 2.89. The first-order valence-electron chi connectivity index (χ1n) is 9.11. The molecule has 0 unspecified atom stereocenters. The van der Waals surface area contributed by atoms with E-state index < -0.39 is 11.8 Å². The van der Waals surface area contributed by atoms with Gasteiger partial charge in [0.05, 0.1) is 23.1 Å². The van der Waals surface area contributed by atoms with Gasteiger partial charge in [0.2, 0.25) is 0 Å². The average molecular weight is 395 g/mol. The van der Waals surface area contributed by atoms with Gasteiger partial charge in [-0.1, -0.05) is 13.0 Å². The molecule has 7 nitrogen and oxygen atoms in total. The Morgan fingerprint density at radius 1 is 1.07 bits per heavy atom. The van der Waals surface area contributed by atoms with Gasteiger partial charge in [-0.05, 0) is 48.9 Å². The molecule has 150 valence electrons. The van der Waals surface area contributed by atoms with Gasteiger partial charge in [-0.3, -0.25) is 20.4 Å². The quantitative estimate of drug-likeness (QED) is 0.651. The van der Waals surface area contributed by atoms with Crippen molar-refractivity contribution in [3.05, 3.63) is 77.4 Å². The molecule has 0 atom stereocenters. The number of hydrazine groups is 1. The van der Waals surface area contributed by atoms with Gasteiger partial charge in [-0.2, -0.15) is 5.10 Å². The summed E-state index contributed by atoms with van der Waals surface area (Å²) >= 11 is 0. The van der Waals surface area contributed by atoms with Crippen LogP contribution in [0.5, 0.6) is 0 Å². The first-order chi connectivity index (χ1) is 13.9. The number of rotatable bonds is 5. The third-order valence-corrected chi connectivity index (χ3v) is 4.43. The fraction of sp³-hybridized carbons (Fsp3) is 0.190. The van der Waals surface area contributed by atoms with Crippen molar-refractivity contribution >= 4 is 17.5 Å². The molecule has 29 heavy (non-hydrogen) atoms. The lowest BCUT2D eigenvalue weighted by Crippen LogP contribution is -2.41. The molecule has 0 spiro atoms. The minimum atomic E-state index is -0.479. The molecule has 2 amide bonds. The van der Waals surface area contributed by atoms with Crippen LogP contribution in [0.4, 0.5) is 10.1 Å². The van der Waals surface area contributed by atoms with Crippen LogP contribution in [0.3, 0.4) is 0 Å². The van der Waals surface area contributed by atoms with Gasteiger partial charge >= 0.3 is 0 Å². The summed E-state index contributed by atoms with van der Waals surface area (Å²) in [5.41, 5.74) is 7.78. The molecular weight excluding hydrogens is 373 g/mol. The van der Waals surface area contributed by atoms with Crippen LogP contribution >= 0.6 is 0 Å². The van der Waals surface area contributed by atoms with Gasteiger partial charge in [0.1, 0.15) is 5.82 Å². The van der Waals surface area contributed by atoms with Crippen molar-refractivity contribution in [2.45, 2.75) is 13.3 Å². The third-order valence-electron chi connectivity index (χ3n) is 4.43. The SMILES string of the molecule is CCc1c(C(=O)NNC(=O)c2cccc(N(C)C)c2)cnn1-c1ccc(F)cc1. The summed E-state index contributed by atoms with van der Waals surface area (Å²) in [7, 11) is 3.76. The molecule has 0 aliphatic carbocycles. The van der Waals surface area contributed by atoms with E-state index in [2.05, 4.69) is 16.0 Å². The van der Waals surface area contributed by atoms with Crippen LogP contribution in [0.2, 0.25) is 0 Å². The Kier molecular flexibility index (Phi) is 5.92. The number of nitrogens with one attached hydrogen (secondary N) is 2. The first kappa shape index (κ1) is 20.1. The molecule has 1 heterocycles. The topological polar surface area (TPSA) is 79.3 Å². The Morgan fingerprint density at radius 2 is 1.76 bits per heavy atom. The van der Waals surface area contributed by atoms with Crippen molar-refractivity contribution in [2.24, 2.45) is 0 Å². The number of anilines is 1. The zero-order chi connectivity index (χ0) is 21.0. The number of hydrogen-bond donors (Lipinski definition) is 2. The minimum absolute atomic E-state index is 0.333.